The van der Waals surface area contributed by atoms with Crippen molar-refractivity contribution in [3.63, 3.8) is 0 Å². The zero-order valence-electron chi connectivity index (χ0n) is 29.4. The van der Waals surface area contributed by atoms with Gasteiger partial charge in [-0.1, -0.05) is 77.8 Å². The maximum absolute atomic E-state index is 12.7. The average Bonchev–Trinajstić information content (AvgIpc) is 3.83. The van der Waals surface area contributed by atoms with E-state index in [9.17, 15) is 29.4 Å². The standard InChI is InChI=1S/C21H14ClN3O3S.C20H12ClN3O3S/c1-11-3-2-4-15-18(11)24-16(9-23-15)19(26)25-20-17(21(27)28)14(10-29-20)12-5-7-13(22)8-6-12;21-13-7-5-11(6-8-13)14-10-28-19(17(14)20(26)27)22-18(25)16-9-12-3-1-2-4-15(12)23-24-16/h2-10H,1H3,(H,25,26)(H,27,28);1-10H,(H,22,25)(H,26,27). The van der Waals surface area contributed by atoms with Gasteiger partial charge in [0.05, 0.1) is 22.7 Å². The van der Waals surface area contributed by atoms with Crippen molar-refractivity contribution in [2.75, 3.05) is 10.6 Å². The molecule has 12 nitrogen and oxygen atoms in total. The molecule has 16 heteroatoms. The Kier molecular flexibility index (Phi) is 11.3. The summed E-state index contributed by atoms with van der Waals surface area (Å²) in [6, 6.07) is 28.2. The first-order valence-electron chi connectivity index (χ1n) is 16.8. The van der Waals surface area contributed by atoms with Crippen LogP contribution in [0.5, 0.6) is 0 Å². The predicted molar refractivity (Wildman–Crippen MR) is 223 cm³/mol. The molecule has 57 heavy (non-hydrogen) atoms. The number of aryl methyl sites for hydroxylation is 1. The Morgan fingerprint density at radius 1 is 0.632 bits per heavy atom. The molecule has 4 heterocycles. The Bertz CT molecular complexity index is 2840. The number of aromatic nitrogens is 4. The number of benzene rings is 4. The molecule has 282 valence electrons. The van der Waals surface area contributed by atoms with Gasteiger partial charge in [0.1, 0.15) is 26.8 Å². The van der Waals surface area contributed by atoms with E-state index < -0.39 is 23.8 Å². The molecular weight excluding hydrogens is 808 g/mol. The summed E-state index contributed by atoms with van der Waals surface area (Å²) in [4.78, 5) is 57.7. The zero-order valence-corrected chi connectivity index (χ0v) is 32.5. The monoisotopic (exact) mass is 832 g/mol. The van der Waals surface area contributed by atoms with Crippen LogP contribution < -0.4 is 10.6 Å². The largest absolute Gasteiger partial charge is 0.478 e. The Labute approximate surface area is 341 Å². The molecule has 0 fully saturated rings. The summed E-state index contributed by atoms with van der Waals surface area (Å²) in [5, 5.41) is 38.4. The molecule has 4 N–H and O–H groups in total. The van der Waals surface area contributed by atoms with Crippen molar-refractivity contribution >= 4 is 102 Å². The molecule has 0 aliphatic carbocycles. The van der Waals surface area contributed by atoms with Gasteiger partial charge < -0.3 is 20.8 Å². The molecule has 0 radical (unpaired) electrons. The van der Waals surface area contributed by atoms with Crippen LogP contribution in [0.1, 0.15) is 47.3 Å². The van der Waals surface area contributed by atoms with E-state index in [0.717, 1.165) is 33.6 Å². The van der Waals surface area contributed by atoms with Crippen molar-refractivity contribution in [2.24, 2.45) is 0 Å². The maximum atomic E-state index is 12.7. The van der Waals surface area contributed by atoms with E-state index >= 15 is 0 Å². The zero-order chi connectivity index (χ0) is 40.2. The fourth-order valence-corrected chi connectivity index (χ4v) is 7.89. The van der Waals surface area contributed by atoms with E-state index in [1.807, 2.05) is 43.3 Å². The smallest absolute Gasteiger partial charge is 0.339 e. The Balaban J connectivity index is 0.000000174. The third-order valence-corrected chi connectivity index (χ3v) is 10.8. The highest BCUT2D eigenvalue weighted by atomic mass is 35.5. The van der Waals surface area contributed by atoms with Crippen LogP contribution in [0.4, 0.5) is 10.0 Å². The van der Waals surface area contributed by atoms with Crippen molar-refractivity contribution in [2.45, 2.75) is 6.92 Å². The molecule has 4 aromatic carbocycles. The van der Waals surface area contributed by atoms with Gasteiger partial charge in [-0.25, -0.2) is 14.6 Å². The lowest BCUT2D eigenvalue weighted by molar-refractivity contribution is 0.0688. The van der Waals surface area contributed by atoms with Crippen LogP contribution in [0.25, 0.3) is 44.2 Å². The molecule has 0 saturated carbocycles. The number of rotatable bonds is 8. The molecule has 2 amide bonds. The number of carbonyl (C=O) groups is 4. The first kappa shape index (κ1) is 38.7. The molecule has 0 aliphatic heterocycles. The van der Waals surface area contributed by atoms with E-state index in [0.29, 0.717) is 48.8 Å². The fraction of sp³-hybridized carbons (Fsp3) is 0.0244. The Morgan fingerprint density at radius 3 is 1.72 bits per heavy atom. The summed E-state index contributed by atoms with van der Waals surface area (Å²) in [5.41, 5.74) is 5.58. The van der Waals surface area contributed by atoms with Gasteiger partial charge in [0, 0.05) is 37.3 Å². The van der Waals surface area contributed by atoms with E-state index in [4.69, 9.17) is 23.2 Å². The van der Waals surface area contributed by atoms with Crippen LogP contribution in [0, 0.1) is 6.92 Å². The van der Waals surface area contributed by atoms with Crippen molar-refractivity contribution < 1.29 is 29.4 Å². The number of thiophene rings is 2. The highest BCUT2D eigenvalue weighted by molar-refractivity contribution is 7.15. The molecular formula is C41H26Cl2N6O6S2. The lowest BCUT2D eigenvalue weighted by Crippen LogP contribution is -2.15. The number of hydrogen-bond donors (Lipinski definition) is 4. The maximum Gasteiger partial charge on any atom is 0.339 e. The van der Waals surface area contributed by atoms with Crippen LogP contribution in [0.15, 0.2) is 114 Å². The quantitative estimate of drug-likeness (QED) is 0.115. The molecule has 0 atom stereocenters. The number of anilines is 2. The molecule has 0 aliphatic rings. The second kappa shape index (κ2) is 16.6. The minimum atomic E-state index is -1.13. The first-order valence-corrected chi connectivity index (χ1v) is 19.3. The number of hydrogen-bond acceptors (Lipinski definition) is 10. The van der Waals surface area contributed by atoms with Gasteiger partial charge in [-0.3, -0.25) is 14.6 Å². The topological polar surface area (TPSA) is 184 Å². The lowest BCUT2D eigenvalue weighted by atomic mass is 10.0. The SMILES string of the molecule is Cc1cccc2ncc(C(=O)Nc3scc(-c4ccc(Cl)cc4)c3C(=O)O)nc12.O=C(Nc1scc(-c2ccc(Cl)cc2)c1C(=O)O)c1cc2ccccc2nn1. The number of fused-ring (bicyclic) bond motifs is 2. The first-order chi connectivity index (χ1) is 27.5. The second-order valence-corrected chi connectivity index (χ2v) is 14.9. The molecule has 0 spiro atoms. The number of nitrogens with zero attached hydrogens (tertiary/aromatic N) is 4. The number of amides is 2. The summed E-state index contributed by atoms with van der Waals surface area (Å²) in [6.45, 7) is 1.89. The number of carboxylic acid groups (broad SMARTS) is 2. The number of para-hydroxylation sites is 1. The predicted octanol–water partition coefficient (Wildman–Crippen LogP) is 10.2. The summed E-state index contributed by atoms with van der Waals surface area (Å²) >= 11 is 14.1. The van der Waals surface area contributed by atoms with Crippen molar-refractivity contribution in [1.29, 1.82) is 0 Å². The highest BCUT2D eigenvalue weighted by Gasteiger charge is 2.24. The van der Waals surface area contributed by atoms with Crippen LogP contribution in [0.2, 0.25) is 10.0 Å². The third kappa shape index (κ3) is 8.49. The third-order valence-electron chi connectivity index (χ3n) is 8.51. The molecule has 8 rings (SSSR count). The molecule has 8 aromatic rings. The van der Waals surface area contributed by atoms with Crippen LogP contribution >= 0.6 is 45.9 Å². The van der Waals surface area contributed by atoms with Crippen LogP contribution in [-0.4, -0.2) is 54.1 Å². The number of nitrogens with one attached hydrogen (secondary N) is 2. The minimum Gasteiger partial charge on any atom is -0.478 e. The normalized spacial score (nSPS) is 10.8. The van der Waals surface area contributed by atoms with E-state index in [1.54, 1.807) is 71.4 Å². The number of aromatic carboxylic acids is 2. The van der Waals surface area contributed by atoms with Gasteiger partial charge in [-0.05, 0) is 66.1 Å². The van der Waals surface area contributed by atoms with E-state index in [1.165, 1.54) is 6.20 Å². The highest BCUT2D eigenvalue weighted by Crippen LogP contribution is 2.37. The second-order valence-electron chi connectivity index (χ2n) is 12.2. The van der Waals surface area contributed by atoms with Gasteiger partial charge in [0.15, 0.2) is 5.69 Å². The Morgan fingerprint density at radius 2 is 1.16 bits per heavy atom. The van der Waals surface area contributed by atoms with Crippen molar-refractivity contribution in [1.82, 2.24) is 20.2 Å². The summed E-state index contributed by atoms with van der Waals surface area (Å²) in [7, 11) is 0. The van der Waals surface area contributed by atoms with Gasteiger partial charge in [-0.2, -0.15) is 0 Å². The average molecular weight is 834 g/mol. The van der Waals surface area contributed by atoms with Gasteiger partial charge >= 0.3 is 11.9 Å². The summed E-state index contributed by atoms with van der Waals surface area (Å²) in [6.07, 6.45) is 1.38. The molecule has 4 aromatic heterocycles. The summed E-state index contributed by atoms with van der Waals surface area (Å²) in [5.74, 6) is -3.31. The fourth-order valence-electron chi connectivity index (χ4n) is 5.72. The van der Waals surface area contributed by atoms with Crippen LogP contribution in [0.3, 0.4) is 0 Å². The van der Waals surface area contributed by atoms with Crippen molar-refractivity contribution in [3.05, 3.63) is 152 Å². The Hall–Kier alpha value is -6.58. The lowest BCUT2D eigenvalue weighted by Gasteiger charge is -2.07. The minimum absolute atomic E-state index is 0.0226. The molecule has 0 saturated heterocycles. The van der Waals surface area contributed by atoms with Gasteiger partial charge in [0.25, 0.3) is 11.8 Å². The van der Waals surface area contributed by atoms with Gasteiger partial charge in [0.2, 0.25) is 0 Å². The number of halogens is 2. The van der Waals surface area contributed by atoms with Crippen LogP contribution in [-0.2, 0) is 0 Å². The number of carboxylic acids is 2. The summed E-state index contributed by atoms with van der Waals surface area (Å²) < 4.78 is 0. The van der Waals surface area contributed by atoms with Gasteiger partial charge in [-0.15, -0.1) is 32.9 Å². The van der Waals surface area contributed by atoms with E-state index in [2.05, 4.69) is 30.8 Å². The van der Waals surface area contributed by atoms with Crippen molar-refractivity contribution in [3.8, 4) is 22.3 Å². The number of carbonyl (C=O) groups excluding carboxylic acids is 2. The molecule has 0 unspecified atom stereocenters. The molecule has 0 bridgehead atoms. The van der Waals surface area contributed by atoms with E-state index in [-0.39, 0.29) is 32.5 Å².